The number of allylic oxidation sites excluding steroid dienone is 2. The van der Waals surface area contributed by atoms with Gasteiger partial charge in [-0.05, 0) is 70.5 Å². The molecule has 31 nitrogen and oxygen atoms in total. The highest BCUT2D eigenvalue weighted by molar-refractivity contribution is 6.12. The van der Waals surface area contributed by atoms with Crippen molar-refractivity contribution in [1.82, 2.24) is 64.9 Å². The number of imidazole rings is 1. The molecule has 2 aromatic carbocycles. The highest BCUT2D eigenvalue weighted by Gasteiger charge is 2.27. The fourth-order valence-electron chi connectivity index (χ4n) is 9.17. The number of aryl methyl sites for hydroxylation is 4. The molecule has 0 saturated carbocycles. The average Bonchev–Trinajstić information content (AvgIpc) is 2.99. The number of nitrogens with zero attached hydrogens (tertiary/aromatic N) is 9. The van der Waals surface area contributed by atoms with Crippen LogP contribution in [0.5, 0.6) is 11.5 Å². The summed E-state index contributed by atoms with van der Waals surface area (Å²) < 4.78 is 24.8. The third kappa shape index (κ3) is 15.7. The molecule has 0 aliphatic rings. The van der Waals surface area contributed by atoms with E-state index in [4.69, 9.17) is 51.5 Å². The normalized spacial score (nSPS) is 12.1. The molecule has 0 spiro atoms. The number of methoxy groups -OCH3 is 1. The number of fused-ring (bicyclic) bond motifs is 4. The van der Waals surface area contributed by atoms with Crippen LogP contribution in [0.2, 0.25) is 0 Å². The Balaban J connectivity index is 1.14. The zero-order valence-electron chi connectivity index (χ0n) is 47.8. The molecule has 456 valence electrons. The Morgan fingerprint density at radius 1 is 0.686 bits per heavy atom. The molecule has 7 rings (SSSR count). The summed E-state index contributed by atoms with van der Waals surface area (Å²) >= 11 is 0. The number of carboxylic acids is 2. The molecular formula is C55H67N17O14. The highest BCUT2D eigenvalue weighted by atomic mass is 16.5. The van der Waals surface area contributed by atoms with Crippen molar-refractivity contribution in [1.29, 1.82) is 0 Å². The van der Waals surface area contributed by atoms with Crippen LogP contribution < -0.4 is 53.3 Å². The maximum atomic E-state index is 14.1. The van der Waals surface area contributed by atoms with Crippen molar-refractivity contribution in [2.24, 2.45) is 17.2 Å². The van der Waals surface area contributed by atoms with E-state index in [1.165, 1.54) is 12.1 Å². The van der Waals surface area contributed by atoms with Gasteiger partial charge < -0.3 is 72.0 Å². The first-order valence-corrected chi connectivity index (χ1v) is 27.2. The quantitative estimate of drug-likeness (QED) is 0.0204. The molecule has 7 aromatic rings. The highest BCUT2D eigenvalue weighted by Crippen LogP contribution is 2.37. The molecule has 0 aliphatic carbocycles. The van der Waals surface area contributed by atoms with E-state index in [1.807, 2.05) is 43.6 Å². The number of aliphatic carboxylic acids is 2. The Morgan fingerprint density at radius 2 is 1.30 bits per heavy atom. The van der Waals surface area contributed by atoms with E-state index in [2.05, 4.69) is 36.8 Å². The first-order chi connectivity index (χ1) is 41.1. The second kappa shape index (κ2) is 28.8. The fraction of sp³-hybridized carbons (Fsp3) is 0.382. The second-order valence-electron chi connectivity index (χ2n) is 19.5. The van der Waals surface area contributed by atoms with Crippen LogP contribution in [-0.2, 0) is 59.7 Å². The van der Waals surface area contributed by atoms with Gasteiger partial charge in [-0.2, -0.15) is 10.2 Å². The number of carboxylic acid groups (broad SMARTS) is 2. The molecule has 0 unspecified atom stereocenters. The third-order valence-corrected chi connectivity index (χ3v) is 13.1. The van der Waals surface area contributed by atoms with Gasteiger partial charge in [0.2, 0.25) is 41.4 Å². The van der Waals surface area contributed by atoms with E-state index in [-0.39, 0.29) is 73.3 Å². The summed E-state index contributed by atoms with van der Waals surface area (Å²) in [5.41, 5.74) is 21.4. The van der Waals surface area contributed by atoms with Crippen LogP contribution in [0, 0.1) is 13.8 Å². The number of nitrogens with one attached hydrogen (secondary N) is 5. The molecule has 0 bridgehead atoms. The molecule has 13 N–H and O–H groups in total. The van der Waals surface area contributed by atoms with Crippen molar-refractivity contribution >= 4 is 92.2 Å². The van der Waals surface area contributed by atoms with Gasteiger partial charge in [0, 0.05) is 81.0 Å². The number of carbonyl (C=O) groups is 9. The predicted molar refractivity (Wildman–Crippen MR) is 309 cm³/mol. The molecule has 2 atom stereocenters. The van der Waals surface area contributed by atoms with E-state index in [0.29, 0.717) is 76.5 Å². The van der Waals surface area contributed by atoms with E-state index in [1.54, 1.807) is 52.4 Å². The summed E-state index contributed by atoms with van der Waals surface area (Å²) in [5, 5.41) is 40.5. The monoisotopic (exact) mass is 1190 g/mol. The average molecular weight is 1190 g/mol. The van der Waals surface area contributed by atoms with Crippen LogP contribution in [0.4, 0.5) is 5.95 Å². The number of rotatable bonds is 32. The van der Waals surface area contributed by atoms with Crippen molar-refractivity contribution < 1.29 is 67.6 Å². The maximum absolute atomic E-state index is 14.1. The minimum Gasteiger partial charge on any atom is -0.491 e. The lowest BCUT2D eigenvalue weighted by Gasteiger charge is -2.17. The summed E-state index contributed by atoms with van der Waals surface area (Å²) in [6, 6.07) is 6.53. The van der Waals surface area contributed by atoms with E-state index in [9.17, 15) is 48.3 Å². The van der Waals surface area contributed by atoms with E-state index < -0.39 is 91.3 Å². The number of nitrogens with two attached hydrogens (primary N) is 3. The van der Waals surface area contributed by atoms with Crippen LogP contribution in [0.3, 0.4) is 0 Å². The molecule has 5 heterocycles. The summed E-state index contributed by atoms with van der Waals surface area (Å²) in [6.07, 6.45) is 4.47. The Hall–Kier alpha value is -10.3. The van der Waals surface area contributed by atoms with Crippen molar-refractivity contribution in [3.05, 3.63) is 83.0 Å². The van der Waals surface area contributed by atoms with Gasteiger partial charge in [-0.15, -0.1) is 0 Å². The van der Waals surface area contributed by atoms with Gasteiger partial charge in [0.25, 0.3) is 5.91 Å². The van der Waals surface area contributed by atoms with Crippen molar-refractivity contribution in [2.75, 3.05) is 51.9 Å². The summed E-state index contributed by atoms with van der Waals surface area (Å²) in [6.45, 7) is 7.79. The molecule has 0 radical (unpaired) electrons. The van der Waals surface area contributed by atoms with Crippen LogP contribution in [0.25, 0.3) is 44.5 Å². The van der Waals surface area contributed by atoms with Crippen LogP contribution in [-0.4, -0.2) is 166 Å². The summed E-state index contributed by atoms with van der Waals surface area (Å²) in [5.74, 6) is -7.55. The number of ether oxygens (including phenoxy) is 3. The van der Waals surface area contributed by atoms with Gasteiger partial charge >= 0.3 is 11.9 Å². The number of aromatic nitrogens is 9. The minimum absolute atomic E-state index is 0.0129. The Labute approximate surface area is 489 Å². The third-order valence-electron chi connectivity index (χ3n) is 13.1. The second-order valence-corrected chi connectivity index (χ2v) is 19.5. The summed E-state index contributed by atoms with van der Waals surface area (Å²) in [7, 11) is 1.58. The number of hydrogen-bond acceptors (Lipinski definition) is 18. The van der Waals surface area contributed by atoms with Gasteiger partial charge in [0.15, 0.2) is 5.82 Å². The lowest BCUT2D eigenvalue weighted by atomic mass is 10.1. The minimum atomic E-state index is -1.67. The number of anilines is 1. The van der Waals surface area contributed by atoms with Crippen molar-refractivity contribution in [3.63, 3.8) is 0 Å². The number of carbonyl (C=O) groups excluding carboxylic acids is 7. The van der Waals surface area contributed by atoms with Crippen LogP contribution in [0.1, 0.15) is 82.1 Å². The molecule has 0 aliphatic heterocycles. The molecule has 7 amide bonds. The molecule has 0 fully saturated rings. The number of amides is 7. The van der Waals surface area contributed by atoms with E-state index in [0.717, 1.165) is 5.69 Å². The number of hydrogen-bond donors (Lipinski definition) is 10. The molecular weight excluding hydrogens is 1120 g/mol. The number of primary amides is 2. The lowest BCUT2D eigenvalue weighted by Crippen LogP contribution is -2.52. The van der Waals surface area contributed by atoms with Gasteiger partial charge in [-0.25, -0.2) is 15.0 Å². The molecule has 31 heteroatoms. The van der Waals surface area contributed by atoms with Crippen LogP contribution >= 0.6 is 0 Å². The zero-order chi connectivity index (χ0) is 62.4. The largest absolute Gasteiger partial charge is 0.491 e. The van der Waals surface area contributed by atoms with Crippen LogP contribution in [0.15, 0.2) is 54.7 Å². The van der Waals surface area contributed by atoms with Gasteiger partial charge in [0.05, 0.1) is 67.6 Å². The van der Waals surface area contributed by atoms with Gasteiger partial charge in [0.1, 0.15) is 40.1 Å². The Morgan fingerprint density at radius 3 is 1.97 bits per heavy atom. The Kier molecular flexibility index (Phi) is 21.2. The van der Waals surface area contributed by atoms with Gasteiger partial charge in [-0.3, -0.25) is 57.8 Å². The Bertz CT molecular complexity index is 3770. The smallest absolute Gasteiger partial charge is 0.305 e. The first kappa shape index (κ1) is 63.3. The molecule has 86 heavy (non-hydrogen) atoms. The summed E-state index contributed by atoms with van der Waals surface area (Å²) in [4.78, 5) is 127. The van der Waals surface area contributed by atoms with Gasteiger partial charge in [-0.1, -0.05) is 12.2 Å². The topological polar surface area (TPSA) is 444 Å². The zero-order valence-corrected chi connectivity index (χ0v) is 47.8. The lowest BCUT2D eigenvalue weighted by molar-refractivity contribution is -0.140. The standard InChI is InChI=1S/C55H67N17O14/c1-6-71-38(18-29(3)67-71)50-60-26-34-33-20-31(48(57)79)22-40(86-17-11-15-84-5)46(33)69(51(34)65-50)13-8-9-14-70-47-36(64-55(70)66-54(83)39-19-30(4)68-72(39)7-2)21-32(49(58)80)23-41(47)85-16-10-12-59-42(73)27-62-53(82)37(25-45(77)78)63-43(74)28-61-52(81)35(56)24-44(75)76/h8-9,18-23,26,35,37H,6-7,10-17,24-25,27-28,56H2,1-5H3,(H2,57,79)(H2,58,80)(H,59,73)(H,61,81)(H,62,82)(H,63,74)(H,75,76)(H,77,78)(H,64,66,83)/b9-8+/t35-,37-/m0/s1. The maximum Gasteiger partial charge on any atom is 0.305 e. The predicted octanol–water partition coefficient (Wildman–Crippen LogP) is 0.652. The van der Waals surface area contributed by atoms with E-state index >= 15 is 0 Å². The van der Waals surface area contributed by atoms with Crippen molar-refractivity contribution in [2.45, 2.75) is 91.6 Å². The SMILES string of the molecule is CCn1nc(C)cc1C(=O)Nc1nc2cc(C(N)=O)cc(OCCCNC(=O)CNC(=O)[C@H](CC(=O)O)NC(=O)CNC(=O)[C@@H](N)CC(=O)O)c2n1C/C=C/Cn1c2nc(-c3cc(C)nn3CC)ncc2c2cc(C(N)=O)cc(OCCCOC)c21. The first-order valence-electron chi connectivity index (χ1n) is 27.2. The fourth-order valence-corrected chi connectivity index (χ4v) is 9.17. The van der Waals surface area contributed by atoms with Crippen molar-refractivity contribution in [3.8, 4) is 23.0 Å². The number of benzene rings is 2. The molecule has 5 aromatic heterocycles. The molecule has 0 saturated heterocycles.